The molecule has 1 aromatic rings. The van der Waals surface area contributed by atoms with Gasteiger partial charge in [-0.3, -0.25) is 4.90 Å². The molecule has 0 aromatic carbocycles. The molecule has 0 radical (unpaired) electrons. The van der Waals surface area contributed by atoms with Gasteiger partial charge in [0.25, 0.3) is 0 Å². The minimum atomic E-state index is -4.22. The first kappa shape index (κ1) is 15.5. The van der Waals surface area contributed by atoms with Crippen LogP contribution in [0.15, 0.2) is 12.1 Å². The molecule has 1 rings (SSSR count). The van der Waals surface area contributed by atoms with Gasteiger partial charge < -0.3 is 0 Å². The number of halogens is 5. The molecule has 0 aliphatic carbocycles. The molecular weight excluding hydrogens is 288 g/mol. The number of hydrogen-bond acceptors (Lipinski definition) is 2. The molecule has 1 heterocycles. The Morgan fingerprint density at radius 3 is 2.44 bits per heavy atom. The summed E-state index contributed by atoms with van der Waals surface area (Å²) in [6, 6.07) is 3.11. The van der Waals surface area contributed by atoms with E-state index in [4.69, 9.17) is 23.2 Å². The summed E-state index contributed by atoms with van der Waals surface area (Å²) in [6.45, 7) is 1.32. The highest BCUT2D eigenvalue weighted by Crippen LogP contribution is 2.22. The van der Waals surface area contributed by atoms with Crippen LogP contribution in [0, 0.1) is 0 Å². The maximum absolute atomic E-state index is 12.4. The van der Waals surface area contributed by atoms with Crippen molar-refractivity contribution >= 4 is 23.2 Å². The van der Waals surface area contributed by atoms with Gasteiger partial charge in [0.1, 0.15) is 10.3 Å². The van der Waals surface area contributed by atoms with Gasteiger partial charge in [0, 0.05) is 12.1 Å². The third-order valence-electron chi connectivity index (χ3n) is 2.23. The van der Waals surface area contributed by atoms with Crippen LogP contribution in [0.1, 0.15) is 18.9 Å². The van der Waals surface area contributed by atoms with Crippen LogP contribution in [0.5, 0.6) is 0 Å². The monoisotopic (exact) mass is 300 g/mol. The van der Waals surface area contributed by atoms with Crippen molar-refractivity contribution in [1.29, 1.82) is 0 Å². The van der Waals surface area contributed by atoms with Crippen molar-refractivity contribution in [3.63, 3.8) is 0 Å². The van der Waals surface area contributed by atoms with Crippen LogP contribution in [0.25, 0.3) is 0 Å². The second-order valence-electron chi connectivity index (χ2n) is 3.91. The summed E-state index contributed by atoms with van der Waals surface area (Å²) in [6.07, 6.45) is -3.59. The molecule has 0 saturated carbocycles. The lowest BCUT2D eigenvalue weighted by molar-refractivity contribution is -0.147. The minimum absolute atomic E-state index is 0.107. The molecule has 0 atom stereocenters. The van der Waals surface area contributed by atoms with E-state index in [1.807, 2.05) is 6.92 Å². The SMILES string of the molecule is CCCN(Cc1ccc(Cl)nc1Cl)CC(F)(F)F. The van der Waals surface area contributed by atoms with E-state index in [1.165, 1.54) is 11.0 Å². The third kappa shape index (κ3) is 5.42. The average Bonchev–Trinajstić information content (AvgIpc) is 2.20. The first-order valence-corrected chi connectivity index (χ1v) is 6.17. The van der Waals surface area contributed by atoms with Gasteiger partial charge in [0.05, 0.1) is 6.54 Å². The van der Waals surface area contributed by atoms with E-state index in [1.54, 1.807) is 6.07 Å². The number of nitrogens with zero attached hydrogens (tertiary/aromatic N) is 2. The molecule has 102 valence electrons. The average molecular weight is 301 g/mol. The lowest BCUT2D eigenvalue weighted by Crippen LogP contribution is -2.34. The Labute approximate surface area is 114 Å². The van der Waals surface area contributed by atoms with E-state index in [0.29, 0.717) is 18.5 Å². The summed E-state index contributed by atoms with van der Waals surface area (Å²) >= 11 is 11.5. The zero-order chi connectivity index (χ0) is 13.8. The fourth-order valence-corrected chi connectivity index (χ4v) is 1.99. The molecule has 0 bridgehead atoms. The van der Waals surface area contributed by atoms with Crippen molar-refractivity contribution in [3.8, 4) is 0 Å². The maximum Gasteiger partial charge on any atom is 0.401 e. The zero-order valence-corrected chi connectivity index (χ0v) is 11.3. The molecule has 0 unspecified atom stereocenters. The summed E-state index contributed by atoms with van der Waals surface area (Å²) in [7, 11) is 0. The molecule has 0 spiro atoms. The number of aromatic nitrogens is 1. The van der Waals surface area contributed by atoms with Gasteiger partial charge in [-0.05, 0) is 19.0 Å². The molecular formula is C11H13Cl2F3N2. The topological polar surface area (TPSA) is 16.1 Å². The van der Waals surface area contributed by atoms with Gasteiger partial charge in [-0.1, -0.05) is 36.2 Å². The molecule has 18 heavy (non-hydrogen) atoms. The van der Waals surface area contributed by atoms with Crippen molar-refractivity contribution in [2.24, 2.45) is 0 Å². The maximum atomic E-state index is 12.4. The van der Waals surface area contributed by atoms with Crippen LogP contribution in [-0.2, 0) is 6.54 Å². The Morgan fingerprint density at radius 1 is 1.28 bits per heavy atom. The van der Waals surface area contributed by atoms with Gasteiger partial charge in [0.2, 0.25) is 0 Å². The summed E-state index contributed by atoms with van der Waals surface area (Å²) in [4.78, 5) is 5.09. The highest BCUT2D eigenvalue weighted by atomic mass is 35.5. The molecule has 0 fully saturated rings. The summed E-state index contributed by atoms with van der Waals surface area (Å²) in [5.74, 6) is 0. The molecule has 0 aliphatic rings. The van der Waals surface area contributed by atoms with Crippen LogP contribution in [0.3, 0.4) is 0 Å². The largest absolute Gasteiger partial charge is 0.401 e. The zero-order valence-electron chi connectivity index (χ0n) is 9.77. The molecule has 1 aromatic heterocycles. The van der Waals surface area contributed by atoms with Crippen LogP contribution < -0.4 is 0 Å². The predicted molar refractivity (Wildman–Crippen MR) is 65.9 cm³/mol. The molecule has 0 N–H and O–H groups in total. The van der Waals surface area contributed by atoms with Gasteiger partial charge >= 0.3 is 6.18 Å². The first-order chi connectivity index (χ1) is 8.31. The molecule has 2 nitrogen and oxygen atoms in total. The standard InChI is InChI=1S/C11H13Cl2F3N2/c1-2-5-18(7-11(14,15)16)6-8-3-4-9(12)17-10(8)13/h3-4H,2,5-7H2,1H3. The second-order valence-corrected chi connectivity index (χ2v) is 4.66. The van der Waals surface area contributed by atoms with Crippen molar-refractivity contribution < 1.29 is 13.2 Å². The number of hydrogen-bond donors (Lipinski definition) is 0. The van der Waals surface area contributed by atoms with E-state index >= 15 is 0 Å². The Kier molecular flexibility index (Phi) is 5.69. The van der Waals surface area contributed by atoms with Crippen LogP contribution in [-0.4, -0.2) is 29.1 Å². The lowest BCUT2D eigenvalue weighted by Gasteiger charge is -2.23. The second kappa shape index (κ2) is 6.59. The summed E-state index contributed by atoms with van der Waals surface area (Å²) in [5, 5.41) is 0.368. The Morgan fingerprint density at radius 2 is 1.94 bits per heavy atom. The Balaban J connectivity index is 2.76. The minimum Gasteiger partial charge on any atom is -0.291 e. The van der Waals surface area contributed by atoms with Crippen molar-refractivity contribution in [2.75, 3.05) is 13.1 Å². The van der Waals surface area contributed by atoms with Crippen molar-refractivity contribution in [3.05, 3.63) is 28.0 Å². The normalized spacial score (nSPS) is 12.2. The number of alkyl halides is 3. The van der Waals surface area contributed by atoms with Crippen molar-refractivity contribution in [1.82, 2.24) is 9.88 Å². The van der Waals surface area contributed by atoms with Gasteiger partial charge in [0.15, 0.2) is 0 Å². The van der Waals surface area contributed by atoms with Crippen LogP contribution in [0.4, 0.5) is 13.2 Å². The molecule has 0 amide bonds. The number of rotatable bonds is 5. The fraction of sp³-hybridized carbons (Fsp3) is 0.545. The third-order valence-corrected chi connectivity index (χ3v) is 2.77. The quantitative estimate of drug-likeness (QED) is 0.759. The summed E-state index contributed by atoms with van der Waals surface area (Å²) in [5.41, 5.74) is 0.541. The van der Waals surface area contributed by atoms with Gasteiger partial charge in [-0.25, -0.2) is 4.98 Å². The van der Waals surface area contributed by atoms with E-state index in [0.717, 1.165) is 0 Å². The molecule has 7 heteroatoms. The Hall–Kier alpha value is -0.520. The lowest BCUT2D eigenvalue weighted by atomic mass is 10.2. The van der Waals surface area contributed by atoms with Gasteiger partial charge in [-0.15, -0.1) is 0 Å². The highest BCUT2D eigenvalue weighted by molar-refractivity contribution is 6.32. The van der Waals surface area contributed by atoms with Gasteiger partial charge in [-0.2, -0.15) is 13.2 Å². The molecule has 0 saturated heterocycles. The number of pyridine rings is 1. The van der Waals surface area contributed by atoms with Crippen LogP contribution >= 0.6 is 23.2 Å². The smallest absolute Gasteiger partial charge is 0.291 e. The van der Waals surface area contributed by atoms with E-state index in [9.17, 15) is 13.2 Å². The van der Waals surface area contributed by atoms with E-state index < -0.39 is 12.7 Å². The predicted octanol–water partition coefficient (Wildman–Crippen LogP) is 4.16. The van der Waals surface area contributed by atoms with E-state index in [2.05, 4.69) is 4.98 Å². The highest BCUT2D eigenvalue weighted by Gasteiger charge is 2.30. The molecule has 0 aliphatic heterocycles. The first-order valence-electron chi connectivity index (χ1n) is 5.42. The summed E-state index contributed by atoms with van der Waals surface area (Å²) < 4.78 is 37.2. The van der Waals surface area contributed by atoms with E-state index in [-0.39, 0.29) is 16.9 Å². The van der Waals surface area contributed by atoms with Crippen molar-refractivity contribution in [2.45, 2.75) is 26.1 Å². The fourth-order valence-electron chi connectivity index (χ4n) is 1.58. The Bertz CT molecular complexity index is 396. The van der Waals surface area contributed by atoms with Crippen LogP contribution in [0.2, 0.25) is 10.3 Å².